The van der Waals surface area contributed by atoms with E-state index in [9.17, 15) is 0 Å². The van der Waals surface area contributed by atoms with Gasteiger partial charge in [-0.2, -0.15) is 28.6 Å². The van der Waals surface area contributed by atoms with Crippen LogP contribution in [0.25, 0.3) is 0 Å². The molecule has 1 aliphatic rings. The first kappa shape index (κ1) is 16.7. The van der Waals surface area contributed by atoms with Crippen molar-refractivity contribution in [2.45, 2.75) is 50.3 Å². The molecule has 0 bridgehead atoms. The second kappa shape index (κ2) is 7.56. The topological polar surface area (TPSA) is 29.9 Å². The minimum Gasteiger partial charge on any atom is -0.308 e. The zero-order valence-corrected chi connectivity index (χ0v) is 15.8. The Labute approximate surface area is 139 Å². The number of hydrogen-bond acceptors (Lipinski definition) is 4. The van der Waals surface area contributed by atoms with Crippen molar-refractivity contribution in [2.75, 3.05) is 18.1 Å². The van der Waals surface area contributed by atoms with Crippen molar-refractivity contribution < 1.29 is 0 Å². The Morgan fingerprint density at radius 2 is 2.15 bits per heavy atom. The quantitative estimate of drug-likeness (QED) is 0.835. The van der Waals surface area contributed by atoms with Gasteiger partial charge in [0.2, 0.25) is 0 Å². The molecule has 1 N–H and O–H groups in total. The molecule has 2 rings (SSSR count). The summed E-state index contributed by atoms with van der Waals surface area (Å²) in [5.41, 5.74) is 1.30. The minimum atomic E-state index is 0.354. The van der Waals surface area contributed by atoms with Gasteiger partial charge in [-0.25, -0.2) is 0 Å². The highest BCUT2D eigenvalue weighted by Crippen LogP contribution is 2.40. The molecule has 0 aliphatic carbocycles. The summed E-state index contributed by atoms with van der Waals surface area (Å²) in [5.74, 6) is 2.51. The average Bonchev–Trinajstić information content (AvgIpc) is 2.79. The van der Waals surface area contributed by atoms with Gasteiger partial charge >= 0.3 is 0 Å². The summed E-state index contributed by atoms with van der Waals surface area (Å²) in [6, 6.07) is 0.737. The number of nitrogens with one attached hydrogen (secondary N) is 1. The second-order valence-electron chi connectivity index (χ2n) is 5.36. The van der Waals surface area contributed by atoms with Gasteiger partial charge in [-0.1, -0.05) is 13.8 Å². The van der Waals surface area contributed by atoms with E-state index in [1.807, 2.05) is 6.20 Å². The summed E-state index contributed by atoms with van der Waals surface area (Å²) in [6.07, 6.45) is 1.94. The minimum absolute atomic E-state index is 0.354. The molecule has 6 heteroatoms. The summed E-state index contributed by atoms with van der Waals surface area (Å²) < 4.78 is 3.28. The van der Waals surface area contributed by atoms with Crippen LogP contribution in [0.4, 0.5) is 0 Å². The lowest BCUT2D eigenvalue weighted by Gasteiger charge is -2.35. The molecule has 3 atom stereocenters. The fourth-order valence-corrected chi connectivity index (χ4v) is 6.10. The lowest BCUT2D eigenvalue weighted by molar-refractivity contribution is 0.438. The van der Waals surface area contributed by atoms with Gasteiger partial charge in [-0.15, -0.1) is 0 Å². The van der Waals surface area contributed by atoms with E-state index in [0.29, 0.717) is 22.6 Å². The Balaban J connectivity index is 2.34. The van der Waals surface area contributed by atoms with E-state index < -0.39 is 0 Å². The summed E-state index contributed by atoms with van der Waals surface area (Å²) in [5, 5.41) is 9.51. The number of hydrogen-bond donors (Lipinski definition) is 1. The first-order chi connectivity index (χ1) is 9.56. The molecule has 0 spiro atoms. The Morgan fingerprint density at radius 1 is 1.45 bits per heavy atom. The summed E-state index contributed by atoms with van der Waals surface area (Å²) in [6.45, 7) is 9.91. The van der Waals surface area contributed by atoms with Crippen LogP contribution in [0, 0.1) is 0 Å². The van der Waals surface area contributed by atoms with E-state index in [0.717, 1.165) is 11.0 Å². The van der Waals surface area contributed by atoms with Gasteiger partial charge in [0.25, 0.3) is 0 Å². The second-order valence-corrected chi connectivity index (χ2v) is 8.99. The predicted molar refractivity (Wildman–Crippen MR) is 94.9 cm³/mol. The first-order valence-electron chi connectivity index (χ1n) is 7.25. The smallest absolute Gasteiger partial charge is 0.0710 e. The van der Waals surface area contributed by atoms with Crippen LogP contribution in [0.15, 0.2) is 10.7 Å². The maximum Gasteiger partial charge on any atom is 0.0710 e. The summed E-state index contributed by atoms with van der Waals surface area (Å²) in [4.78, 5) is 0. The zero-order valence-electron chi connectivity index (χ0n) is 12.6. The van der Waals surface area contributed by atoms with E-state index in [2.05, 4.69) is 82.2 Å². The van der Waals surface area contributed by atoms with Crippen molar-refractivity contribution in [3.8, 4) is 0 Å². The van der Waals surface area contributed by atoms with Crippen LogP contribution in [0.3, 0.4) is 0 Å². The maximum absolute atomic E-state index is 4.55. The van der Waals surface area contributed by atoms with Crippen molar-refractivity contribution >= 4 is 39.5 Å². The molecule has 0 amide bonds. The van der Waals surface area contributed by atoms with Crippen LogP contribution in [0.1, 0.15) is 45.5 Å². The van der Waals surface area contributed by atoms with Crippen molar-refractivity contribution in [1.29, 1.82) is 0 Å². The molecule has 3 nitrogen and oxygen atoms in total. The summed E-state index contributed by atoms with van der Waals surface area (Å²) >= 11 is 7.90. The van der Waals surface area contributed by atoms with E-state index in [1.165, 1.54) is 17.2 Å². The normalized spacial score (nSPS) is 25.1. The lowest BCUT2D eigenvalue weighted by atomic mass is 10.1. The van der Waals surface area contributed by atoms with Crippen LogP contribution in [0.5, 0.6) is 0 Å². The van der Waals surface area contributed by atoms with Gasteiger partial charge < -0.3 is 5.32 Å². The standard InChI is InChI=1S/C14H24BrN3S2/c1-5-16-12(14-10(4)19-6-7-20-14)13-11(15)8-17-18(13)9(2)3/h8-10,12,14,16H,5-7H2,1-4H3. The van der Waals surface area contributed by atoms with Crippen molar-refractivity contribution in [1.82, 2.24) is 15.1 Å². The number of rotatable bonds is 5. The van der Waals surface area contributed by atoms with E-state index >= 15 is 0 Å². The lowest BCUT2D eigenvalue weighted by Crippen LogP contribution is -2.39. The molecular formula is C14H24BrN3S2. The average molecular weight is 378 g/mol. The molecule has 3 unspecified atom stereocenters. The Bertz CT molecular complexity index is 436. The monoisotopic (exact) mass is 377 g/mol. The predicted octanol–water partition coefficient (Wildman–Crippen LogP) is 4.11. The first-order valence-corrected chi connectivity index (χ1v) is 10.1. The molecule has 114 valence electrons. The number of aromatic nitrogens is 2. The van der Waals surface area contributed by atoms with E-state index in [1.54, 1.807) is 0 Å². The largest absolute Gasteiger partial charge is 0.308 e. The third-order valence-corrected chi connectivity index (χ3v) is 7.37. The number of nitrogens with zero attached hydrogens (tertiary/aromatic N) is 2. The fraction of sp³-hybridized carbons (Fsp3) is 0.786. The van der Waals surface area contributed by atoms with Crippen LogP contribution in [-0.2, 0) is 0 Å². The summed E-state index contributed by atoms with van der Waals surface area (Å²) in [7, 11) is 0. The Hall–Kier alpha value is 0.350. The van der Waals surface area contributed by atoms with Crippen LogP contribution in [-0.4, -0.2) is 38.3 Å². The highest BCUT2D eigenvalue weighted by atomic mass is 79.9. The SMILES string of the molecule is CCNC(c1c(Br)cnn1C(C)C)C1SCCSC1C. The molecule has 0 aromatic carbocycles. The van der Waals surface area contributed by atoms with Crippen LogP contribution < -0.4 is 5.32 Å². The van der Waals surface area contributed by atoms with Gasteiger partial charge in [-0.05, 0) is 36.3 Å². The number of thioether (sulfide) groups is 2. The van der Waals surface area contributed by atoms with Crippen molar-refractivity contribution in [3.63, 3.8) is 0 Å². The van der Waals surface area contributed by atoms with E-state index in [4.69, 9.17) is 0 Å². The van der Waals surface area contributed by atoms with Gasteiger partial charge in [-0.3, -0.25) is 4.68 Å². The van der Waals surface area contributed by atoms with E-state index in [-0.39, 0.29) is 0 Å². The van der Waals surface area contributed by atoms with Gasteiger partial charge in [0.1, 0.15) is 0 Å². The molecular weight excluding hydrogens is 354 g/mol. The number of halogens is 1. The molecule has 1 aromatic rings. The van der Waals surface area contributed by atoms with Gasteiger partial charge in [0.05, 0.1) is 22.4 Å². The Morgan fingerprint density at radius 3 is 2.75 bits per heavy atom. The third kappa shape index (κ3) is 3.57. The molecule has 1 aromatic heterocycles. The molecule has 1 aliphatic heterocycles. The molecule has 2 heterocycles. The highest BCUT2D eigenvalue weighted by molar-refractivity contribution is 9.10. The van der Waals surface area contributed by atoms with Gasteiger partial charge in [0, 0.05) is 28.0 Å². The van der Waals surface area contributed by atoms with Crippen molar-refractivity contribution in [2.24, 2.45) is 0 Å². The Kier molecular flexibility index (Phi) is 6.32. The van der Waals surface area contributed by atoms with Crippen molar-refractivity contribution in [3.05, 3.63) is 16.4 Å². The molecule has 0 radical (unpaired) electrons. The highest BCUT2D eigenvalue weighted by Gasteiger charge is 2.34. The van der Waals surface area contributed by atoms with Gasteiger partial charge in [0.15, 0.2) is 0 Å². The zero-order chi connectivity index (χ0) is 14.7. The van der Waals surface area contributed by atoms with Crippen LogP contribution in [0.2, 0.25) is 0 Å². The molecule has 1 fully saturated rings. The maximum atomic E-state index is 4.55. The molecule has 1 saturated heterocycles. The molecule has 20 heavy (non-hydrogen) atoms. The third-order valence-electron chi connectivity index (χ3n) is 3.56. The molecule has 0 saturated carbocycles. The van der Waals surface area contributed by atoms with Crippen LogP contribution >= 0.6 is 39.5 Å². The fourth-order valence-electron chi connectivity index (χ4n) is 2.66.